The van der Waals surface area contributed by atoms with Gasteiger partial charge in [0.2, 0.25) is 0 Å². The molecule has 0 saturated carbocycles. The molecule has 2 aromatic carbocycles. The van der Waals surface area contributed by atoms with Crippen molar-refractivity contribution in [2.75, 3.05) is 5.32 Å². The zero-order valence-electron chi connectivity index (χ0n) is 13.0. The second-order valence-electron chi connectivity index (χ2n) is 5.56. The van der Waals surface area contributed by atoms with Crippen LogP contribution in [-0.2, 0) is 0 Å². The molecule has 0 atom stereocenters. The van der Waals surface area contributed by atoms with E-state index >= 15 is 0 Å². The van der Waals surface area contributed by atoms with Crippen molar-refractivity contribution in [3.05, 3.63) is 72.2 Å². The Morgan fingerprint density at radius 2 is 1.75 bits per heavy atom. The van der Waals surface area contributed by atoms with Gasteiger partial charge in [-0.2, -0.15) is 0 Å². The summed E-state index contributed by atoms with van der Waals surface area (Å²) in [5.41, 5.74) is 4.32. The fraction of sp³-hybridized carbons (Fsp3) is 0.0526. The third kappa shape index (κ3) is 2.67. The number of para-hydroxylation sites is 2. The van der Waals surface area contributed by atoms with Crippen LogP contribution in [0.5, 0.6) is 0 Å². The molecule has 1 amide bonds. The standard InChI is InChI=1S/C19H14N4O/c1-12-6-7-13-10-14(8-9-15(13)21-12)22-19(24)18-11-20-16-4-2-3-5-17(16)23-18/h2-11H,1H3,(H,22,24). The molecule has 0 bridgehead atoms. The van der Waals surface area contributed by atoms with Gasteiger partial charge in [0.25, 0.3) is 5.91 Å². The lowest BCUT2D eigenvalue weighted by atomic mass is 10.2. The zero-order chi connectivity index (χ0) is 16.5. The number of pyridine rings is 1. The third-order valence-electron chi connectivity index (χ3n) is 3.77. The highest BCUT2D eigenvalue weighted by molar-refractivity contribution is 6.04. The van der Waals surface area contributed by atoms with Crippen molar-refractivity contribution in [3.8, 4) is 0 Å². The van der Waals surface area contributed by atoms with Gasteiger partial charge in [-0.05, 0) is 43.3 Å². The number of anilines is 1. The van der Waals surface area contributed by atoms with Crippen LogP contribution >= 0.6 is 0 Å². The van der Waals surface area contributed by atoms with Crippen molar-refractivity contribution in [2.45, 2.75) is 6.92 Å². The molecule has 2 heterocycles. The van der Waals surface area contributed by atoms with Gasteiger partial charge in [-0.3, -0.25) is 14.8 Å². The molecular formula is C19H14N4O. The average molecular weight is 314 g/mol. The van der Waals surface area contributed by atoms with Gasteiger partial charge in [0.05, 0.1) is 22.7 Å². The number of nitrogens with one attached hydrogen (secondary N) is 1. The number of amides is 1. The van der Waals surface area contributed by atoms with E-state index in [0.717, 1.165) is 22.1 Å². The van der Waals surface area contributed by atoms with E-state index in [0.29, 0.717) is 11.2 Å². The smallest absolute Gasteiger partial charge is 0.275 e. The average Bonchev–Trinajstić information content (AvgIpc) is 2.61. The summed E-state index contributed by atoms with van der Waals surface area (Å²) < 4.78 is 0. The molecule has 0 aliphatic heterocycles. The van der Waals surface area contributed by atoms with Crippen molar-refractivity contribution in [3.63, 3.8) is 0 Å². The van der Waals surface area contributed by atoms with Crippen LogP contribution in [0.2, 0.25) is 0 Å². The van der Waals surface area contributed by atoms with Gasteiger partial charge in [0.15, 0.2) is 0 Å². The Kier molecular flexibility index (Phi) is 3.39. The largest absolute Gasteiger partial charge is 0.321 e. The Morgan fingerprint density at radius 3 is 2.62 bits per heavy atom. The van der Waals surface area contributed by atoms with Gasteiger partial charge in [0.1, 0.15) is 5.69 Å². The first-order valence-corrected chi connectivity index (χ1v) is 7.60. The first kappa shape index (κ1) is 14.3. The first-order valence-electron chi connectivity index (χ1n) is 7.60. The van der Waals surface area contributed by atoms with Crippen molar-refractivity contribution in [2.24, 2.45) is 0 Å². The SMILES string of the molecule is Cc1ccc2cc(NC(=O)c3cnc4ccccc4n3)ccc2n1. The maximum Gasteiger partial charge on any atom is 0.275 e. The van der Waals surface area contributed by atoms with Gasteiger partial charge in [-0.25, -0.2) is 4.98 Å². The summed E-state index contributed by atoms with van der Waals surface area (Å²) in [5.74, 6) is -0.285. The maximum absolute atomic E-state index is 12.4. The highest BCUT2D eigenvalue weighted by Gasteiger charge is 2.10. The molecule has 0 spiro atoms. The highest BCUT2D eigenvalue weighted by Crippen LogP contribution is 2.19. The van der Waals surface area contributed by atoms with Crippen LogP contribution in [-0.4, -0.2) is 20.9 Å². The van der Waals surface area contributed by atoms with E-state index in [9.17, 15) is 4.79 Å². The van der Waals surface area contributed by atoms with E-state index in [1.165, 1.54) is 6.20 Å². The lowest BCUT2D eigenvalue weighted by Gasteiger charge is -2.07. The zero-order valence-corrected chi connectivity index (χ0v) is 13.0. The van der Waals surface area contributed by atoms with Crippen molar-refractivity contribution >= 4 is 33.5 Å². The number of aryl methyl sites for hydroxylation is 1. The first-order chi connectivity index (χ1) is 11.7. The minimum absolute atomic E-state index is 0.285. The summed E-state index contributed by atoms with van der Waals surface area (Å²) in [6.45, 7) is 1.95. The lowest BCUT2D eigenvalue weighted by Crippen LogP contribution is -2.14. The number of rotatable bonds is 2. The van der Waals surface area contributed by atoms with Gasteiger partial charge in [-0.1, -0.05) is 18.2 Å². The molecule has 0 saturated heterocycles. The van der Waals surface area contributed by atoms with Gasteiger partial charge in [0, 0.05) is 16.8 Å². The molecule has 4 aromatic rings. The monoisotopic (exact) mass is 314 g/mol. The molecule has 24 heavy (non-hydrogen) atoms. The van der Waals surface area contributed by atoms with E-state index < -0.39 is 0 Å². The van der Waals surface area contributed by atoms with E-state index in [1.807, 2.05) is 61.5 Å². The summed E-state index contributed by atoms with van der Waals surface area (Å²) in [6.07, 6.45) is 1.49. The van der Waals surface area contributed by atoms with Gasteiger partial charge < -0.3 is 5.32 Å². The second-order valence-corrected chi connectivity index (χ2v) is 5.56. The van der Waals surface area contributed by atoms with Crippen molar-refractivity contribution in [1.82, 2.24) is 15.0 Å². The molecule has 0 radical (unpaired) electrons. The van der Waals surface area contributed by atoms with Crippen LogP contribution < -0.4 is 5.32 Å². The summed E-state index contributed by atoms with van der Waals surface area (Å²) in [4.78, 5) is 25.5. The molecule has 4 rings (SSSR count). The molecule has 5 heteroatoms. The van der Waals surface area contributed by atoms with Crippen LogP contribution in [0.1, 0.15) is 16.2 Å². The molecule has 0 unspecified atom stereocenters. The minimum Gasteiger partial charge on any atom is -0.321 e. The Balaban J connectivity index is 1.63. The van der Waals surface area contributed by atoms with E-state index in [1.54, 1.807) is 0 Å². The molecular weight excluding hydrogens is 300 g/mol. The van der Waals surface area contributed by atoms with Crippen LogP contribution in [0.25, 0.3) is 21.9 Å². The van der Waals surface area contributed by atoms with Gasteiger partial charge in [-0.15, -0.1) is 0 Å². The number of nitrogens with zero attached hydrogens (tertiary/aromatic N) is 3. The van der Waals surface area contributed by atoms with Crippen LogP contribution in [0.4, 0.5) is 5.69 Å². The van der Waals surface area contributed by atoms with E-state index in [2.05, 4.69) is 20.3 Å². The third-order valence-corrected chi connectivity index (χ3v) is 3.77. The Morgan fingerprint density at radius 1 is 0.917 bits per heavy atom. The van der Waals surface area contributed by atoms with Crippen LogP contribution in [0.15, 0.2) is 60.8 Å². The predicted molar refractivity (Wildman–Crippen MR) is 94.0 cm³/mol. The number of carbonyl (C=O) groups is 1. The van der Waals surface area contributed by atoms with Crippen LogP contribution in [0, 0.1) is 6.92 Å². The summed E-state index contributed by atoms with van der Waals surface area (Å²) in [5, 5.41) is 3.84. The molecule has 116 valence electrons. The van der Waals surface area contributed by atoms with Gasteiger partial charge >= 0.3 is 0 Å². The Hall–Kier alpha value is -3.34. The second kappa shape index (κ2) is 5.70. The molecule has 1 N–H and O–H groups in total. The summed E-state index contributed by atoms with van der Waals surface area (Å²) >= 11 is 0. The molecule has 0 aliphatic rings. The molecule has 5 nitrogen and oxygen atoms in total. The number of carbonyl (C=O) groups excluding carboxylic acids is 1. The number of hydrogen-bond acceptors (Lipinski definition) is 4. The highest BCUT2D eigenvalue weighted by atomic mass is 16.1. The maximum atomic E-state index is 12.4. The van der Waals surface area contributed by atoms with E-state index in [-0.39, 0.29) is 11.6 Å². The summed E-state index contributed by atoms with van der Waals surface area (Å²) in [7, 11) is 0. The number of fused-ring (bicyclic) bond motifs is 2. The lowest BCUT2D eigenvalue weighted by molar-refractivity contribution is 0.102. The normalized spacial score (nSPS) is 10.9. The quantitative estimate of drug-likeness (QED) is 0.612. The number of benzene rings is 2. The Bertz CT molecular complexity index is 1080. The summed E-state index contributed by atoms with van der Waals surface area (Å²) in [6, 6.07) is 17.0. The van der Waals surface area contributed by atoms with E-state index in [4.69, 9.17) is 0 Å². The van der Waals surface area contributed by atoms with Crippen molar-refractivity contribution < 1.29 is 4.79 Å². The molecule has 0 fully saturated rings. The number of aromatic nitrogens is 3. The fourth-order valence-electron chi connectivity index (χ4n) is 2.57. The molecule has 0 aliphatic carbocycles. The minimum atomic E-state index is -0.285. The predicted octanol–water partition coefficient (Wildman–Crippen LogP) is 3.74. The fourth-order valence-corrected chi connectivity index (χ4v) is 2.57. The number of hydrogen-bond donors (Lipinski definition) is 1. The Labute approximate surface area is 138 Å². The van der Waals surface area contributed by atoms with Crippen molar-refractivity contribution in [1.29, 1.82) is 0 Å². The topological polar surface area (TPSA) is 67.8 Å². The van der Waals surface area contributed by atoms with Crippen LogP contribution in [0.3, 0.4) is 0 Å². The molecule has 2 aromatic heterocycles.